The summed E-state index contributed by atoms with van der Waals surface area (Å²) in [5.41, 5.74) is 14.5. The summed E-state index contributed by atoms with van der Waals surface area (Å²) in [7, 11) is 0. The van der Waals surface area contributed by atoms with Crippen LogP contribution in [0.4, 0.5) is 42.1 Å². The lowest BCUT2D eigenvalue weighted by atomic mass is 9.79. The Labute approximate surface area is 290 Å². The number of benzene rings is 4. The molecule has 0 bridgehead atoms. The van der Waals surface area contributed by atoms with E-state index in [1.54, 1.807) is 0 Å². The number of rotatable bonds is 16. The Morgan fingerprint density at radius 2 is 1.22 bits per heavy atom. The number of carbonyl (C=O) groups excluding carboxylic acids is 1. The predicted molar refractivity (Wildman–Crippen MR) is 180 cm³/mol. The van der Waals surface area contributed by atoms with E-state index in [0.29, 0.717) is 29.8 Å². The number of carbonyl (C=O) groups is 1. The summed E-state index contributed by atoms with van der Waals surface area (Å²) in [5.74, 6) is -5.60. The van der Waals surface area contributed by atoms with Gasteiger partial charge in [0.05, 0.1) is 18.8 Å². The van der Waals surface area contributed by atoms with E-state index < -0.39 is 54.6 Å². The number of hydrogen-bond donors (Lipinski definition) is 2. The van der Waals surface area contributed by atoms with Gasteiger partial charge >= 0.3 is 24.2 Å². The minimum absolute atomic E-state index is 0.00720. The van der Waals surface area contributed by atoms with E-state index in [1.807, 2.05) is 55.5 Å². The highest BCUT2D eigenvalue weighted by atomic mass is 19.4. The summed E-state index contributed by atoms with van der Waals surface area (Å²) in [6.45, 7) is 1.66. The summed E-state index contributed by atoms with van der Waals surface area (Å²) < 4.78 is 108. The molecule has 4 rings (SSSR count). The molecule has 0 aliphatic rings. The summed E-state index contributed by atoms with van der Waals surface area (Å²) >= 11 is 0. The molecule has 0 saturated heterocycles. The third-order valence-corrected chi connectivity index (χ3v) is 7.83. The van der Waals surface area contributed by atoms with Crippen LogP contribution in [0.2, 0.25) is 0 Å². The van der Waals surface area contributed by atoms with Crippen LogP contribution in [0.3, 0.4) is 0 Å². The molecule has 13 heteroatoms. The van der Waals surface area contributed by atoms with Crippen LogP contribution in [-0.2, 0) is 28.5 Å². The van der Waals surface area contributed by atoms with Crippen molar-refractivity contribution in [2.75, 3.05) is 24.7 Å². The number of esters is 1. The molecule has 0 heterocycles. The zero-order chi connectivity index (χ0) is 37.3. The van der Waals surface area contributed by atoms with Crippen molar-refractivity contribution in [1.29, 1.82) is 0 Å². The Kier molecular flexibility index (Phi) is 12.3. The molecule has 0 amide bonds. The van der Waals surface area contributed by atoms with Crippen LogP contribution >= 0.6 is 0 Å². The van der Waals surface area contributed by atoms with Gasteiger partial charge in [-0.25, -0.2) is 4.79 Å². The smallest absolute Gasteiger partial charge is 0.453 e. The second kappa shape index (κ2) is 16.2. The number of alkyl halides is 7. The lowest BCUT2D eigenvalue weighted by Gasteiger charge is -2.29. The van der Waals surface area contributed by atoms with Gasteiger partial charge in [0.15, 0.2) is 0 Å². The standard InChI is InChI=1S/C38H37F7N2O4/c1-35(23-27-3-12-30(46)13-4-27,24-28-5-14-31(47)15-6-28)25-50-34(48)20-9-26-7-16-33(17-8-26)51-37(41,42)29-10-18-32(19-11-29)49-22-2-21-36(39,40)38(43,44)45/h3-20H,2,21-25,46-47H2,1H3/b20-9+. The van der Waals surface area contributed by atoms with Crippen molar-refractivity contribution in [2.24, 2.45) is 5.41 Å². The normalized spacial score (nSPS) is 12.5. The molecule has 51 heavy (non-hydrogen) atoms. The molecule has 4 N–H and O–H groups in total. The highest BCUT2D eigenvalue weighted by molar-refractivity contribution is 5.87. The van der Waals surface area contributed by atoms with E-state index in [-0.39, 0.29) is 18.1 Å². The molecule has 0 aromatic heterocycles. The van der Waals surface area contributed by atoms with Crippen molar-refractivity contribution < 1.29 is 49.7 Å². The average Bonchev–Trinajstić information content (AvgIpc) is 3.07. The van der Waals surface area contributed by atoms with Crippen molar-refractivity contribution >= 4 is 23.4 Å². The van der Waals surface area contributed by atoms with Crippen LogP contribution < -0.4 is 20.9 Å². The number of anilines is 2. The first-order valence-electron chi connectivity index (χ1n) is 15.8. The Bertz CT molecular complexity index is 1690. The van der Waals surface area contributed by atoms with Gasteiger partial charge < -0.3 is 25.7 Å². The van der Waals surface area contributed by atoms with Crippen molar-refractivity contribution in [1.82, 2.24) is 0 Å². The van der Waals surface area contributed by atoms with Gasteiger partial charge in [-0.2, -0.15) is 30.7 Å². The Morgan fingerprint density at radius 3 is 1.73 bits per heavy atom. The number of nitrogen functional groups attached to an aromatic ring is 2. The molecule has 0 unspecified atom stereocenters. The van der Waals surface area contributed by atoms with Crippen LogP contribution in [0.5, 0.6) is 11.5 Å². The molecule has 0 aliphatic carbocycles. The van der Waals surface area contributed by atoms with Gasteiger partial charge in [-0.05, 0) is 103 Å². The lowest BCUT2D eigenvalue weighted by molar-refractivity contribution is -0.284. The molecule has 4 aromatic carbocycles. The molecule has 0 atom stereocenters. The average molecular weight is 719 g/mol. The third kappa shape index (κ3) is 11.7. The summed E-state index contributed by atoms with van der Waals surface area (Å²) in [4.78, 5) is 12.7. The fourth-order valence-electron chi connectivity index (χ4n) is 5.10. The van der Waals surface area contributed by atoms with Gasteiger partial charge in [-0.15, -0.1) is 0 Å². The molecule has 6 nitrogen and oxygen atoms in total. The van der Waals surface area contributed by atoms with Gasteiger partial charge in [0.25, 0.3) is 0 Å². The van der Waals surface area contributed by atoms with Crippen LogP contribution in [0, 0.1) is 5.41 Å². The second-order valence-corrected chi connectivity index (χ2v) is 12.5. The monoisotopic (exact) mass is 718 g/mol. The second-order valence-electron chi connectivity index (χ2n) is 12.5. The highest BCUT2D eigenvalue weighted by Gasteiger charge is 2.56. The molecule has 0 saturated carbocycles. The third-order valence-electron chi connectivity index (χ3n) is 7.83. The summed E-state index contributed by atoms with van der Waals surface area (Å²) in [6, 6.07) is 24.7. The SMILES string of the molecule is CC(COC(=O)/C=C/c1ccc(OC(F)(F)c2ccc(OCCCC(F)(F)C(F)(F)F)cc2)cc1)(Cc1ccc(N)cc1)Cc1ccc(N)cc1. The molecule has 272 valence electrons. The van der Waals surface area contributed by atoms with Crippen molar-refractivity contribution in [3.8, 4) is 11.5 Å². The van der Waals surface area contributed by atoms with E-state index in [9.17, 15) is 35.5 Å². The van der Waals surface area contributed by atoms with E-state index in [1.165, 1.54) is 36.4 Å². The summed E-state index contributed by atoms with van der Waals surface area (Å²) in [5, 5.41) is 0. The van der Waals surface area contributed by atoms with Crippen LogP contribution in [0.1, 0.15) is 42.0 Å². The van der Waals surface area contributed by atoms with Crippen LogP contribution in [0.15, 0.2) is 103 Å². The molecule has 0 radical (unpaired) electrons. The number of ether oxygens (including phenoxy) is 3. The minimum atomic E-state index is -5.66. The lowest BCUT2D eigenvalue weighted by Crippen LogP contribution is -2.36. The molecule has 0 spiro atoms. The Balaban J connectivity index is 1.29. The number of nitrogens with two attached hydrogens (primary N) is 2. The molecule has 0 aliphatic heterocycles. The van der Waals surface area contributed by atoms with E-state index in [4.69, 9.17) is 25.7 Å². The minimum Gasteiger partial charge on any atom is -0.494 e. The van der Waals surface area contributed by atoms with Crippen molar-refractivity contribution in [2.45, 2.75) is 50.8 Å². The maximum Gasteiger partial charge on any atom is 0.453 e. The van der Waals surface area contributed by atoms with E-state index in [0.717, 1.165) is 35.4 Å². The quantitative estimate of drug-likeness (QED) is 0.0394. The number of halogens is 7. The van der Waals surface area contributed by atoms with Gasteiger partial charge in [-0.1, -0.05) is 43.3 Å². The predicted octanol–water partition coefficient (Wildman–Crippen LogP) is 9.38. The topological polar surface area (TPSA) is 96.8 Å². The first-order valence-corrected chi connectivity index (χ1v) is 15.8. The van der Waals surface area contributed by atoms with Gasteiger partial charge in [0, 0.05) is 29.3 Å². The summed E-state index contributed by atoms with van der Waals surface area (Å²) in [6.07, 6.45) is -7.57. The molecular weight excluding hydrogens is 681 g/mol. The highest BCUT2D eigenvalue weighted by Crippen LogP contribution is 2.39. The largest absolute Gasteiger partial charge is 0.494 e. The fraction of sp³-hybridized carbons (Fsp3) is 0.289. The zero-order valence-electron chi connectivity index (χ0n) is 27.6. The maximum absolute atomic E-state index is 14.8. The van der Waals surface area contributed by atoms with E-state index in [2.05, 4.69) is 0 Å². The van der Waals surface area contributed by atoms with Gasteiger partial charge in [-0.3, -0.25) is 0 Å². The Morgan fingerprint density at radius 1 is 0.706 bits per heavy atom. The fourth-order valence-corrected chi connectivity index (χ4v) is 5.10. The van der Waals surface area contributed by atoms with E-state index >= 15 is 0 Å². The zero-order valence-corrected chi connectivity index (χ0v) is 27.6. The first kappa shape index (κ1) is 38.6. The van der Waals surface area contributed by atoms with Crippen molar-refractivity contribution in [3.05, 3.63) is 125 Å². The number of hydrogen-bond acceptors (Lipinski definition) is 6. The molecular formula is C38H37F7N2O4. The molecule has 4 aromatic rings. The van der Waals surface area contributed by atoms with Crippen LogP contribution in [-0.4, -0.2) is 31.3 Å². The Hall–Kier alpha value is -5.20. The van der Waals surface area contributed by atoms with Gasteiger partial charge in [0.1, 0.15) is 11.5 Å². The maximum atomic E-state index is 14.8. The van der Waals surface area contributed by atoms with Gasteiger partial charge in [0.2, 0.25) is 0 Å². The van der Waals surface area contributed by atoms with Crippen LogP contribution in [0.25, 0.3) is 6.08 Å². The first-order chi connectivity index (χ1) is 23.9. The van der Waals surface area contributed by atoms with Crippen molar-refractivity contribution in [3.63, 3.8) is 0 Å². The molecule has 0 fully saturated rings.